The van der Waals surface area contributed by atoms with Crippen molar-refractivity contribution in [2.24, 2.45) is 0 Å². The van der Waals surface area contributed by atoms with Crippen LogP contribution in [0.4, 0.5) is 5.69 Å². The highest BCUT2D eigenvalue weighted by Gasteiger charge is 2.07. The Morgan fingerprint density at radius 2 is 1.79 bits per heavy atom. The zero-order valence-corrected chi connectivity index (χ0v) is 12.6. The first kappa shape index (κ1) is 14.1. The summed E-state index contributed by atoms with van der Waals surface area (Å²) in [5.74, 6) is 0.547. The molecule has 1 aromatic carbocycles. The minimum Gasteiger partial charge on any atom is -0.321 e. The smallest absolute Gasteiger partial charge is 0.255 e. The maximum absolute atomic E-state index is 12.1. The van der Waals surface area contributed by atoms with Gasteiger partial charge < -0.3 is 5.32 Å². The molecule has 0 radical (unpaired) electrons. The summed E-state index contributed by atoms with van der Waals surface area (Å²) < 4.78 is 1.91. The van der Waals surface area contributed by atoms with Gasteiger partial charge in [0.2, 0.25) is 0 Å². The van der Waals surface area contributed by atoms with Gasteiger partial charge in [0.25, 0.3) is 5.91 Å². The molecule has 0 unspecified atom stereocenters. The quantitative estimate of drug-likeness (QED) is 0.630. The third-order valence-corrected chi connectivity index (χ3v) is 3.65. The molecule has 3 aromatic heterocycles. The zero-order chi connectivity index (χ0) is 16.4. The number of anilines is 1. The highest BCUT2D eigenvalue weighted by atomic mass is 16.1. The summed E-state index contributed by atoms with van der Waals surface area (Å²) >= 11 is 0. The van der Waals surface area contributed by atoms with E-state index in [1.54, 1.807) is 37.1 Å². The Bertz CT molecular complexity index is 993. The van der Waals surface area contributed by atoms with Gasteiger partial charge in [0.15, 0.2) is 0 Å². The van der Waals surface area contributed by atoms with Gasteiger partial charge in [-0.15, -0.1) is 0 Å². The van der Waals surface area contributed by atoms with E-state index in [2.05, 4.69) is 20.3 Å². The highest BCUT2D eigenvalue weighted by Crippen LogP contribution is 2.17. The summed E-state index contributed by atoms with van der Waals surface area (Å²) in [6, 6.07) is 14.8. The number of aromatic nitrogens is 4. The fourth-order valence-electron chi connectivity index (χ4n) is 2.45. The maximum atomic E-state index is 12.1. The Hall–Kier alpha value is -3.54. The number of hydrogen-bond donors (Lipinski definition) is 1. The van der Waals surface area contributed by atoms with E-state index >= 15 is 0 Å². The van der Waals surface area contributed by atoms with Gasteiger partial charge in [-0.2, -0.15) is 0 Å². The first-order valence-corrected chi connectivity index (χ1v) is 7.41. The van der Waals surface area contributed by atoms with E-state index < -0.39 is 0 Å². The van der Waals surface area contributed by atoms with Crippen molar-refractivity contribution >= 4 is 22.6 Å². The monoisotopic (exact) mass is 315 g/mol. The van der Waals surface area contributed by atoms with Gasteiger partial charge in [-0.3, -0.25) is 14.3 Å². The van der Waals surface area contributed by atoms with Crippen LogP contribution < -0.4 is 5.32 Å². The number of carbonyl (C=O) groups excluding carboxylic acids is 1. The number of hydrogen-bond acceptors (Lipinski definition) is 4. The van der Waals surface area contributed by atoms with Crippen LogP contribution in [0.5, 0.6) is 0 Å². The van der Waals surface area contributed by atoms with E-state index in [0.29, 0.717) is 11.3 Å². The number of imidazole rings is 1. The molecule has 0 saturated heterocycles. The maximum Gasteiger partial charge on any atom is 0.255 e. The topological polar surface area (TPSA) is 72.7 Å². The summed E-state index contributed by atoms with van der Waals surface area (Å²) in [7, 11) is 0. The fourth-order valence-corrected chi connectivity index (χ4v) is 2.45. The van der Waals surface area contributed by atoms with Gasteiger partial charge in [0, 0.05) is 18.0 Å². The lowest BCUT2D eigenvalue weighted by atomic mass is 10.2. The predicted molar refractivity (Wildman–Crippen MR) is 91.1 cm³/mol. The number of benzene rings is 1. The summed E-state index contributed by atoms with van der Waals surface area (Å²) in [6.45, 7) is 0. The Morgan fingerprint density at radius 3 is 2.58 bits per heavy atom. The molecule has 0 spiro atoms. The van der Waals surface area contributed by atoms with E-state index in [1.807, 2.05) is 41.0 Å². The van der Waals surface area contributed by atoms with Gasteiger partial charge in [0.05, 0.1) is 22.9 Å². The second-order valence-corrected chi connectivity index (χ2v) is 5.20. The van der Waals surface area contributed by atoms with Crippen molar-refractivity contribution in [2.75, 3.05) is 5.32 Å². The average Bonchev–Trinajstić information content (AvgIpc) is 3.07. The van der Waals surface area contributed by atoms with E-state index in [4.69, 9.17) is 0 Å². The fraction of sp³-hybridized carbons (Fsp3) is 0. The molecule has 1 amide bonds. The van der Waals surface area contributed by atoms with E-state index in [9.17, 15) is 4.79 Å². The number of carbonyl (C=O) groups is 1. The molecule has 24 heavy (non-hydrogen) atoms. The van der Waals surface area contributed by atoms with Gasteiger partial charge in [-0.25, -0.2) is 9.97 Å². The molecule has 0 fully saturated rings. The van der Waals surface area contributed by atoms with Crippen molar-refractivity contribution in [1.82, 2.24) is 19.5 Å². The molecular formula is C18H13N5O. The average molecular weight is 315 g/mol. The first-order valence-electron chi connectivity index (χ1n) is 7.41. The van der Waals surface area contributed by atoms with Crippen LogP contribution in [0.3, 0.4) is 0 Å². The third kappa shape index (κ3) is 2.61. The molecule has 0 bridgehead atoms. The van der Waals surface area contributed by atoms with Crippen molar-refractivity contribution in [3.05, 3.63) is 79.0 Å². The van der Waals surface area contributed by atoms with Crippen LogP contribution in [-0.4, -0.2) is 25.4 Å². The number of rotatable bonds is 3. The lowest BCUT2D eigenvalue weighted by Gasteiger charge is -2.07. The normalized spacial score (nSPS) is 10.7. The number of amides is 1. The molecule has 0 aliphatic carbocycles. The second kappa shape index (κ2) is 5.92. The summed E-state index contributed by atoms with van der Waals surface area (Å²) in [6.07, 6.45) is 6.53. The van der Waals surface area contributed by atoms with Crippen LogP contribution in [0.2, 0.25) is 0 Å². The molecule has 0 aliphatic rings. The Kier molecular flexibility index (Phi) is 3.47. The van der Waals surface area contributed by atoms with Crippen LogP contribution in [-0.2, 0) is 0 Å². The van der Waals surface area contributed by atoms with Crippen molar-refractivity contribution in [3.8, 4) is 5.82 Å². The molecule has 116 valence electrons. The van der Waals surface area contributed by atoms with Crippen LogP contribution in [0, 0.1) is 0 Å². The van der Waals surface area contributed by atoms with E-state index in [-0.39, 0.29) is 5.91 Å². The molecule has 6 nitrogen and oxygen atoms in total. The number of pyridine rings is 2. The molecule has 0 atom stereocenters. The minimum absolute atomic E-state index is 0.194. The molecule has 4 aromatic rings. The molecular weight excluding hydrogens is 302 g/mol. The summed E-state index contributed by atoms with van der Waals surface area (Å²) in [5.41, 5.74) is 3.08. The largest absolute Gasteiger partial charge is 0.321 e. The number of fused-ring (bicyclic) bond motifs is 1. The van der Waals surface area contributed by atoms with Crippen LogP contribution in [0.15, 0.2) is 73.4 Å². The predicted octanol–water partition coefficient (Wildman–Crippen LogP) is 3.07. The standard InChI is InChI=1S/C18H13N5O/c24-18(13-7-9-19-10-8-13)22-14-5-6-17(20-11-14)23-12-21-15-3-1-2-4-16(15)23/h1-12H,(H,22,24). The summed E-state index contributed by atoms with van der Waals surface area (Å²) in [5, 5.41) is 2.81. The number of nitrogens with zero attached hydrogens (tertiary/aromatic N) is 4. The van der Waals surface area contributed by atoms with Crippen LogP contribution in [0.1, 0.15) is 10.4 Å². The van der Waals surface area contributed by atoms with Crippen molar-refractivity contribution < 1.29 is 4.79 Å². The van der Waals surface area contributed by atoms with Crippen molar-refractivity contribution in [2.45, 2.75) is 0 Å². The Labute approximate surface area is 137 Å². The van der Waals surface area contributed by atoms with Crippen LogP contribution >= 0.6 is 0 Å². The van der Waals surface area contributed by atoms with Gasteiger partial charge >= 0.3 is 0 Å². The van der Waals surface area contributed by atoms with E-state index in [0.717, 1.165) is 16.9 Å². The molecule has 3 heterocycles. The molecule has 0 saturated carbocycles. The zero-order valence-electron chi connectivity index (χ0n) is 12.6. The van der Waals surface area contributed by atoms with Crippen molar-refractivity contribution in [3.63, 3.8) is 0 Å². The first-order chi connectivity index (χ1) is 11.8. The van der Waals surface area contributed by atoms with Crippen molar-refractivity contribution in [1.29, 1.82) is 0 Å². The van der Waals surface area contributed by atoms with Gasteiger partial charge in [0.1, 0.15) is 12.1 Å². The second-order valence-electron chi connectivity index (χ2n) is 5.20. The van der Waals surface area contributed by atoms with Gasteiger partial charge in [-0.1, -0.05) is 12.1 Å². The molecule has 6 heteroatoms. The molecule has 1 N–H and O–H groups in total. The highest BCUT2D eigenvalue weighted by molar-refractivity contribution is 6.04. The number of para-hydroxylation sites is 2. The molecule has 4 rings (SSSR count). The molecule has 0 aliphatic heterocycles. The number of nitrogens with one attached hydrogen (secondary N) is 1. The minimum atomic E-state index is -0.194. The Balaban J connectivity index is 1.58. The van der Waals surface area contributed by atoms with Gasteiger partial charge in [-0.05, 0) is 36.4 Å². The van der Waals surface area contributed by atoms with Crippen LogP contribution in [0.25, 0.3) is 16.9 Å². The Morgan fingerprint density at radius 1 is 0.958 bits per heavy atom. The SMILES string of the molecule is O=C(Nc1ccc(-n2cnc3ccccc32)nc1)c1ccncc1. The van der Waals surface area contributed by atoms with E-state index in [1.165, 1.54) is 0 Å². The lowest BCUT2D eigenvalue weighted by molar-refractivity contribution is 0.102. The lowest BCUT2D eigenvalue weighted by Crippen LogP contribution is -2.12. The summed E-state index contributed by atoms with van der Waals surface area (Å²) in [4.78, 5) is 24.8. The third-order valence-electron chi connectivity index (χ3n) is 3.65.